The van der Waals surface area contributed by atoms with Crippen LogP contribution in [0.15, 0.2) is 42.7 Å². The molecule has 120 valence electrons. The van der Waals surface area contributed by atoms with Gasteiger partial charge in [0.1, 0.15) is 5.82 Å². The van der Waals surface area contributed by atoms with Gasteiger partial charge in [0.15, 0.2) is 0 Å². The van der Waals surface area contributed by atoms with E-state index >= 15 is 0 Å². The molecule has 1 saturated heterocycles. The van der Waals surface area contributed by atoms with E-state index in [1.54, 1.807) is 24.4 Å². The van der Waals surface area contributed by atoms with E-state index in [4.69, 9.17) is 0 Å². The van der Waals surface area contributed by atoms with Gasteiger partial charge in [-0.3, -0.25) is 9.78 Å². The number of amides is 1. The normalized spacial score (nSPS) is 20.7. The molecule has 1 aliphatic rings. The molecule has 6 heteroatoms. The number of aromatic nitrogens is 1. The smallest absolute Gasteiger partial charge is 0.255 e. The summed E-state index contributed by atoms with van der Waals surface area (Å²) in [5.74, 6) is -0.934. The number of aliphatic hydroxyl groups is 2. The van der Waals surface area contributed by atoms with Crippen LogP contribution in [0.1, 0.15) is 10.4 Å². The van der Waals surface area contributed by atoms with Crippen molar-refractivity contribution in [2.45, 2.75) is 6.10 Å². The summed E-state index contributed by atoms with van der Waals surface area (Å²) in [6.45, 7) is 0.335. The number of carbonyl (C=O) groups is 1. The predicted octanol–water partition coefficient (Wildman–Crippen LogP) is 1.31. The Morgan fingerprint density at radius 2 is 2.09 bits per heavy atom. The maximum atomic E-state index is 13.3. The zero-order valence-corrected chi connectivity index (χ0v) is 12.4. The molecule has 5 nitrogen and oxygen atoms in total. The molecule has 0 spiro atoms. The van der Waals surface area contributed by atoms with Gasteiger partial charge in [-0.15, -0.1) is 0 Å². The van der Waals surface area contributed by atoms with Crippen molar-refractivity contribution >= 4 is 5.91 Å². The zero-order chi connectivity index (χ0) is 16.4. The van der Waals surface area contributed by atoms with Crippen LogP contribution in [0.25, 0.3) is 11.1 Å². The molecule has 0 saturated carbocycles. The van der Waals surface area contributed by atoms with E-state index in [2.05, 4.69) is 4.98 Å². The van der Waals surface area contributed by atoms with Crippen LogP contribution >= 0.6 is 0 Å². The fraction of sp³-hybridized carbons (Fsp3) is 0.294. The molecule has 2 N–H and O–H groups in total. The van der Waals surface area contributed by atoms with Crippen molar-refractivity contribution in [3.05, 3.63) is 54.1 Å². The molecule has 23 heavy (non-hydrogen) atoms. The van der Waals surface area contributed by atoms with Crippen LogP contribution in [0, 0.1) is 11.7 Å². The van der Waals surface area contributed by atoms with Crippen molar-refractivity contribution < 1.29 is 19.4 Å². The summed E-state index contributed by atoms with van der Waals surface area (Å²) in [5, 5.41) is 19.0. The number of nitrogens with zero attached hydrogens (tertiary/aromatic N) is 2. The predicted molar refractivity (Wildman–Crippen MR) is 82.1 cm³/mol. The second-order valence-corrected chi connectivity index (χ2v) is 5.69. The molecule has 1 aromatic carbocycles. The quantitative estimate of drug-likeness (QED) is 0.895. The number of pyridine rings is 1. The molecule has 2 atom stereocenters. The lowest BCUT2D eigenvalue weighted by Crippen LogP contribution is -2.29. The molecule has 0 aliphatic carbocycles. The number of hydrogen-bond acceptors (Lipinski definition) is 4. The molecule has 1 aliphatic heterocycles. The number of carbonyl (C=O) groups excluding carboxylic acids is 1. The minimum absolute atomic E-state index is 0.160. The second kappa shape index (κ2) is 6.44. The van der Waals surface area contributed by atoms with E-state index in [-0.39, 0.29) is 30.8 Å². The third-order valence-electron chi connectivity index (χ3n) is 4.07. The highest BCUT2D eigenvalue weighted by Gasteiger charge is 2.33. The average Bonchev–Trinajstić information content (AvgIpc) is 2.95. The first-order valence-electron chi connectivity index (χ1n) is 7.37. The SMILES string of the molecule is O=C(c1cncc(-c2cccc(F)c2)c1)N1CC(O)C(CO)C1. The Morgan fingerprint density at radius 3 is 2.78 bits per heavy atom. The van der Waals surface area contributed by atoms with Crippen LogP contribution in [-0.4, -0.2) is 51.8 Å². The van der Waals surface area contributed by atoms with Gasteiger partial charge in [-0.1, -0.05) is 12.1 Å². The minimum Gasteiger partial charge on any atom is -0.396 e. The molecule has 1 amide bonds. The molecular formula is C17H17FN2O3. The molecule has 2 heterocycles. The fourth-order valence-electron chi connectivity index (χ4n) is 2.76. The molecule has 0 bridgehead atoms. The standard InChI is InChI=1S/C17H17FN2O3/c18-15-3-1-2-11(5-15)12-4-13(7-19-6-12)17(23)20-8-14(10-21)16(22)9-20/h1-7,14,16,21-22H,8-10H2. The number of halogens is 1. The zero-order valence-electron chi connectivity index (χ0n) is 12.4. The van der Waals surface area contributed by atoms with Crippen molar-refractivity contribution in [3.8, 4) is 11.1 Å². The third-order valence-corrected chi connectivity index (χ3v) is 4.07. The van der Waals surface area contributed by atoms with Crippen LogP contribution in [0.5, 0.6) is 0 Å². The van der Waals surface area contributed by atoms with Crippen LogP contribution in [-0.2, 0) is 0 Å². The number of rotatable bonds is 3. The Hall–Kier alpha value is -2.31. The van der Waals surface area contributed by atoms with E-state index in [0.717, 1.165) is 0 Å². The van der Waals surface area contributed by atoms with E-state index in [1.807, 2.05) is 0 Å². The Labute approximate surface area is 133 Å². The van der Waals surface area contributed by atoms with E-state index in [0.29, 0.717) is 23.2 Å². The fourth-order valence-corrected chi connectivity index (χ4v) is 2.76. The van der Waals surface area contributed by atoms with E-state index in [1.165, 1.54) is 23.2 Å². The van der Waals surface area contributed by atoms with Gasteiger partial charge in [-0.2, -0.15) is 0 Å². The van der Waals surface area contributed by atoms with Crippen LogP contribution in [0.4, 0.5) is 4.39 Å². The molecule has 1 aromatic heterocycles. The molecular weight excluding hydrogens is 299 g/mol. The average molecular weight is 316 g/mol. The van der Waals surface area contributed by atoms with Gasteiger partial charge < -0.3 is 15.1 Å². The second-order valence-electron chi connectivity index (χ2n) is 5.69. The highest BCUT2D eigenvalue weighted by molar-refractivity contribution is 5.95. The van der Waals surface area contributed by atoms with Gasteiger partial charge in [0.2, 0.25) is 0 Å². The summed E-state index contributed by atoms with van der Waals surface area (Å²) in [6.07, 6.45) is 2.30. The lowest BCUT2D eigenvalue weighted by molar-refractivity contribution is 0.0763. The van der Waals surface area contributed by atoms with Crippen LogP contribution < -0.4 is 0 Å². The molecule has 0 radical (unpaired) electrons. The first-order valence-corrected chi connectivity index (χ1v) is 7.37. The molecule has 2 unspecified atom stereocenters. The highest BCUT2D eigenvalue weighted by atomic mass is 19.1. The third kappa shape index (κ3) is 3.23. The number of likely N-dealkylation sites (tertiary alicyclic amines) is 1. The molecule has 3 rings (SSSR count). The van der Waals surface area contributed by atoms with Gasteiger partial charge in [0.25, 0.3) is 5.91 Å². The largest absolute Gasteiger partial charge is 0.396 e. The number of aliphatic hydroxyl groups excluding tert-OH is 2. The molecule has 2 aromatic rings. The number of hydrogen-bond donors (Lipinski definition) is 2. The summed E-state index contributed by atoms with van der Waals surface area (Å²) < 4.78 is 13.3. The lowest BCUT2D eigenvalue weighted by atomic mass is 10.1. The van der Waals surface area contributed by atoms with Gasteiger partial charge in [0.05, 0.1) is 18.3 Å². The lowest BCUT2D eigenvalue weighted by Gasteiger charge is -2.16. The monoisotopic (exact) mass is 316 g/mol. The first-order chi connectivity index (χ1) is 11.1. The summed E-state index contributed by atoms with van der Waals surface area (Å²) in [6, 6.07) is 7.74. The van der Waals surface area contributed by atoms with Crippen molar-refractivity contribution in [3.63, 3.8) is 0 Å². The van der Waals surface area contributed by atoms with Gasteiger partial charge in [-0.25, -0.2) is 4.39 Å². The summed E-state index contributed by atoms with van der Waals surface area (Å²) in [5.41, 5.74) is 1.66. The van der Waals surface area contributed by atoms with Crippen molar-refractivity contribution in [1.82, 2.24) is 9.88 Å². The van der Waals surface area contributed by atoms with Gasteiger partial charge >= 0.3 is 0 Å². The maximum Gasteiger partial charge on any atom is 0.255 e. The van der Waals surface area contributed by atoms with E-state index < -0.39 is 6.10 Å². The first kappa shape index (κ1) is 15.6. The number of benzene rings is 1. The number of β-amino-alcohol motifs (C(OH)–C–C–N with tert-alkyl or cyclic N) is 1. The Morgan fingerprint density at radius 1 is 1.26 bits per heavy atom. The van der Waals surface area contributed by atoms with Crippen LogP contribution in [0.3, 0.4) is 0 Å². The van der Waals surface area contributed by atoms with Crippen molar-refractivity contribution in [2.24, 2.45) is 5.92 Å². The van der Waals surface area contributed by atoms with Crippen molar-refractivity contribution in [1.29, 1.82) is 0 Å². The van der Waals surface area contributed by atoms with E-state index in [9.17, 15) is 19.4 Å². The minimum atomic E-state index is -0.719. The summed E-state index contributed by atoms with van der Waals surface area (Å²) in [7, 11) is 0. The molecule has 1 fully saturated rings. The Kier molecular flexibility index (Phi) is 4.36. The van der Waals surface area contributed by atoms with Gasteiger partial charge in [-0.05, 0) is 23.8 Å². The summed E-state index contributed by atoms with van der Waals surface area (Å²) >= 11 is 0. The highest BCUT2D eigenvalue weighted by Crippen LogP contribution is 2.23. The maximum absolute atomic E-state index is 13.3. The topological polar surface area (TPSA) is 73.7 Å². The Bertz CT molecular complexity index is 722. The Balaban J connectivity index is 1.84. The van der Waals surface area contributed by atoms with Gasteiger partial charge in [0, 0.05) is 37.0 Å². The summed E-state index contributed by atoms with van der Waals surface area (Å²) in [4.78, 5) is 18.1. The van der Waals surface area contributed by atoms with Crippen LogP contribution in [0.2, 0.25) is 0 Å². The van der Waals surface area contributed by atoms with Crippen molar-refractivity contribution in [2.75, 3.05) is 19.7 Å².